The second-order valence-electron chi connectivity index (χ2n) is 5.18. The molecule has 2 rings (SSSR count). The van der Waals surface area contributed by atoms with E-state index in [1.165, 1.54) is 5.56 Å². The van der Waals surface area contributed by atoms with E-state index >= 15 is 0 Å². The Balaban J connectivity index is 1.72. The molecule has 0 saturated carbocycles. The number of benzene rings is 2. The van der Waals surface area contributed by atoms with Gasteiger partial charge in [0.2, 0.25) is 0 Å². The predicted octanol–water partition coefficient (Wildman–Crippen LogP) is 2.79. The van der Waals surface area contributed by atoms with Crippen molar-refractivity contribution in [2.24, 2.45) is 0 Å². The fraction of sp³-hybridized carbons (Fsp3) is 0.333. The minimum Gasteiger partial charge on any atom is -0.497 e. The minimum atomic E-state index is -0.562. The Bertz CT molecular complexity index is 542. The Labute approximate surface area is 131 Å². The lowest BCUT2D eigenvalue weighted by Crippen LogP contribution is -2.33. The first-order chi connectivity index (χ1) is 10.7. The third kappa shape index (κ3) is 5.06. The first-order valence-electron chi connectivity index (χ1n) is 7.42. The first-order valence-corrected chi connectivity index (χ1v) is 7.42. The molecule has 2 atom stereocenters. The third-order valence-electron chi connectivity index (χ3n) is 3.46. The lowest BCUT2D eigenvalue weighted by Gasteiger charge is -2.18. The normalized spacial score (nSPS) is 13.4. The van der Waals surface area contributed by atoms with Crippen molar-refractivity contribution in [3.05, 3.63) is 60.2 Å². The fourth-order valence-corrected chi connectivity index (χ4v) is 2.10. The number of ether oxygens (including phenoxy) is 2. The van der Waals surface area contributed by atoms with Crippen LogP contribution in [0.5, 0.6) is 11.5 Å². The van der Waals surface area contributed by atoms with Crippen LogP contribution in [0.3, 0.4) is 0 Å². The molecule has 0 aliphatic heterocycles. The van der Waals surface area contributed by atoms with Crippen LogP contribution >= 0.6 is 0 Å². The number of aliphatic hydroxyl groups is 1. The highest BCUT2D eigenvalue weighted by Crippen LogP contribution is 2.17. The number of hydrogen-bond acceptors (Lipinski definition) is 4. The van der Waals surface area contributed by atoms with Crippen molar-refractivity contribution in [3.63, 3.8) is 0 Å². The topological polar surface area (TPSA) is 50.7 Å². The molecule has 0 radical (unpaired) electrons. The van der Waals surface area contributed by atoms with E-state index in [9.17, 15) is 5.11 Å². The van der Waals surface area contributed by atoms with Crippen molar-refractivity contribution < 1.29 is 14.6 Å². The zero-order valence-corrected chi connectivity index (χ0v) is 13.0. The molecule has 4 heteroatoms. The Kier molecular flexibility index (Phi) is 6.25. The van der Waals surface area contributed by atoms with Gasteiger partial charge in [-0.3, -0.25) is 0 Å². The molecule has 2 aromatic carbocycles. The zero-order valence-electron chi connectivity index (χ0n) is 13.0. The second-order valence-corrected chi connectivity index (χ2v) is 5.18. The zero-order chi connectivity index (χ0) is 15.8. The van der Waals surface area contributed by atoms with E-state index in [-0.39, 0.29) is 12.6 Å². The Morgan fingerprint density at radius 3 is 2.27 bits per heavy atom. The molecule has 0 aliphatic rings. The molecule has 0 fully saturated rings. The van der Waals surface area contributed by atoms with Gasteiger partial charge in [-0.1, -0.05) is 30.3 Å². The molecular formula is C18H23NO3. The van der Waals surface area contributed by atoms with Crippen LogP contribution in [0, 0.1) is 0 Å². The quantitative estimate of drug-likeness (QED) is 0.787. The molecule has 2 N–H and O–H groups in total. The fourth-order valence-electron chi connectivity index (χ4n) is 2.10. The van der Waals surface area contributed by atoms with E-state index in [2.05, 4.69) is 24.4 Å². The SMILES string of the molecule is COc1ccc(OC[C@H](O)CN[C@H](C)c2ccccc2)cc1. The molecule has 118 valence electrons. The van der Waals surface area contributed by atoms with E-state index in [4.69, 9.17) is 9.47 Å². The van der Waals surface area contributed by atoms with Crippen molar-refractivity contribution >= 4 is 0 Å². The summed E-state index contributed by atoms with van der Waals surface area (Å²) < 4.78 is 10.6. The molecule has 4 nitrogen and oxygen atoms in total. The van der Waals surface area contributed by atoms with Crippen molar-refractivity contribution in [1.29, 1.82) is 0 Å². The molecule has 0 saturated heterocycles. The minimum absolute atomic E-state index is 0.192. The average Bonchev–Trinajstić information content (AvgIpc) is 2.59. The molecule has 0 bridgehead atoms. The van der Waals surface area contributed by atoms with Gasteiger partial charge in [-0.25, -0.2) is 0 Å². The third-order valence-corrected chi connectivity index (χ3v) is 3.46. The smallest absolute Gasteiger partial charge is 0.119 e. The number of hydrogen-bond donors (Lipinski definition) is 2. The van der Waals surface area contributed by atoms with Gasteiger partial charge in [-0.15, -0.1) is 0 Å². The summed E-state index contributed by atoms with van der Waals surface area (Å²) in [5, 5.41) is 13.3. The Hall–Kier alpha value is -2.04. The molecular weight excluding hydrogens is 278 g/mol. The maximum atomic E-state index is 9.99. The highest BCUT2D eigenvalue weighted by atomic mass is 16.5. The maximum absolute atomic E-state index is 9.99. The first kappa shape index (κ1) is 16.3. The molecule has 0 aliphatic carbocycles. The van der Waals surface area contributed by atoms with Gasteiger partial charge in [0.15, 0.2) is 0 Å². The summed E-state index contributed by atoms with van der Waals surface area (Å²) >= 11 is 0. The summed E-state index contributed by atoms with van der Waals surface area (Å²) in [6.45, 7) is 2.80. The van der Waals surface area contributed by atoms with Crippen LogP contribution in [0.2, 0.25) is 0 Å². The lowest BCUT2D eigenvalue weighted by molar-refractivity contribution is 0.104. The Morgan fingerprint density at radius 1 is 1.00 bits per heavy atom. The highest BCUT2D eigenvalue weighted by molar-refractivity contribution is 5.31. The van der Waals surface area contributed by atoms with Crippen LogP contribution in [0.25, 0.3) is 0 Å². The van der Waals surface area contributed by atoms with Crippen LogP contribution in [0.1, 0.15) is 18.5 Å². The number of nitrogens with one attached hydrogen (secondary N) is 1. The Morgan fingerprint density at radius 2 is 1.64 bits per heavy atom. The van der Waals surface area contributed by atoms with Gasteiger partial charge in [-0.05, 0) is 36.8 Å². The summed E-state index contributed by atoms with van der Waals surface area (Å²) in [5.74, 6) is 1.50. The van der Waals surface area contributed by atoms with E-state index in [0.717, 1.165) is 11.5 Å². The molecule has 2 aromatic rings. The van der Waals surface area contributed by atoms with E-state index in [0.29, 0.717) is 6.54 Å². The maximum Gasteiger partial charge on any atom is 0.119 e. The van der Waals surface area contributed by atoms with E-state index in [1.807, 2.05) is 42.5 Å². The summed E-state index contributed by atoms with van der Waals surface area (Å²) in [6.07, 6.45) is -0.562. The largest absolute Gasteiger partial charge is 0.497 e. The van der Waals surface area contributed by atoms with Gasteiger partial charge in [-0.2, -0.15) is 0 Å². The van der Waals surface area contributed by atoms with Gasteiger partial charge >= 0.3 is 0 Å². The van der Waals surface area contributed by atoms with E-state index in [1.54, 1.807) is 7.11 Å². The number of rotatable bonds is 8. The summed E-state index contributed by atoms with van der Waals surface area (Å²) in [4.78, 5) is 0. The van der Waals surface area contributed by atoms with Gasteiger partial charge in [0, 0.05) is 12.6 Å². The summed E-state index contributed by atoms with van der Waals surface area (Å²) in [6, 6.07) is 17.7. The average molecular weight is 301 g/mol. The van der Waals surface area contributed by atoms with Gasteiger partial charge in [0.25, 0.3) is 0 Å². The molecule has 0 unspecified atom stereocenters. The van der Waals surface area contributed by atoms with Crippen LogP contribution in [-0.4, -0.2) is 31.5 Å². The van der Waals surface area contributed by atoms with Crippen molar-refractivity contribution in [2.75, 3.05) is 20.3 Å². The molecule has 0 aromatic heterocycles. The van der Waals surface area contributed by atoms with E-state index < -0.39 is 6.10 Å². The molecule has 22 heavy (non-hydrogen) atoms. The number of methoxy groups -OCH3 is 1. The second kappa shape index (κ2) is 8.41. The van der Waals surface area contributed by atoms with Gasteiger partial charge < -0.3 is 19.9 Å². The monoisotopic (exact) mass is 301 g/mol. The van der Waals surface area contributed by atoms with Crippen LogP contribution in [-0.2, 0) is 0 Å². The van der Waals surface area contributed by atoms with Crippen LogP contribution in [0.4, 0.5) is 0 Å². The predicted molar refractivity (Wildman–Crippen MR) is 87.4 cm³/mol. The van der Waals surface area contributed by atoms with Crippen molar-refractivity contribution in [1.82, 2.24) is 5.32 Å². The standard InChI is InChI=1S/C18H23NO3/c1-14(15-6-4-3-5-7-15)19-12-16(20)13-22-18-10-8-17(21-2)9-11-18/h3-11,14,16,19-20H,12-13H2,1-2H3/t14-,16-/m1/s1. The highest BCUT2D eigenvalue weighted by Gasteiger charge is 2.09. The number of aliphatic hydroxyl groups excluding tert-OH is 1. The lowest BCUT2D eigenvalue weighted by atomic mass is 10.1. The molecule has 0 spiro atoms. The van der Waals surface area contributed by atoms with Crippen molar-refractivity contribution in [3.8, 4) is 11.5 Å². The van der Waals surface area contributed by atoms with Crippen LogP contribution in [0.15, 0.2) is 54.6 Å². The summed E-state index contributed by atoms with van der Waals surface area (Å²) in [5.41, 5.74) is 1.20. The summed E-state index contributed by atoms with van der Waals surface area (Å²) in [7, 11) is 1.62. The van der Waals surface area contributed by atoms with Crippen molar-refractivity contribution in [2.45, 2.75) is 19.1 Å². The molecule has 0 amide bonds. The van der Waals surface area contributed by atoms with Gasteiger partial charge in [0.05, 0.1) is 7.11 Å². The van der Waals surface area contributed by atoms with Gasteiger partial charge in [0.1, 0.15) is 24.2 Å². The molecule has 0 heterocycles. The van der Waals surface area contributed by atoms with Crippen LogP contribution < -0.4 is 14.8 Å².